The Morgan fingerprint density at radius 3 is 2.54 bits per heavy atom. The number of nitrogens with two attached hydrogens (primary N) is 2. The first-order chi connectivity index (χ1) is 17.5. The van der Waals surface area contributed by atoms with Crippen molar-refractivity contribution in [3.8, 4) is 22.5 Å². The molecule has 9 heteroatoms. The number of nitrogens with zero attached hydrogens (tertiary/aromatic N) is 5. The smallest absolute Gasteiger partial charge is 0.220 e. The predicted octanol–water partition coefficient (Wildman–Crippen LogP) is 4.45. The van der Waals surface area contributed by atoms with Crippen LogP contribution in [0.4, 0.5) is 5.82 Å². The van der Waals surface area contributed by atoms with Gasteiger partial charge in [0.2, 0.25) is 5.91 Å². The molecule has 183 valence electrons. The molecule has 1 aliphatic carbocycles. The van der Waals surface area contributed by atoms with Gasteiger partial charge in [0.1, 0.15) is 23.4 Å². The van der Waals surface area contributed by atoms with Crippen LogP contribution in [-0.2, 0) is 37.5 Å². The summed E-state index contributed by atoms with van der Waals surface area (Å²) in [6.07, 6.45) is 4.61. The summed E-state index contributed by atoms with van der Waals surface area (Å²) >= 11 is 0. The molecule has 1 aliphatic rings. The first kappa shape index (κ1) is 25.4. The summed E-state index contributed by atoms with van der Waals surface area (Å²) in [6.45, 7) is 2.05. The second-order valence-electron chi connectivity index (χ2n) is 9.46. The van der Waals surface area contributed by atoms with Crippen molar-refractivity contribution in [1.29, 1.82) is 0 Å². The molecule has 1 amide bonds. The molecule has 0 aliphatic heterocycles. The average Bonchev–Trinajstić information content (AvgIpc) is 3.30. The van der Waals surface area contributed by atoms with Crippen LogP contribution in [0.25, 0.3) is 38.9 Å². The van der Waals surface area contributed by atoms with Gasteiger partial charge < -0.3 is 16.5 Å². The van der Waals surface area contributed by atoms with Gasteiger partial charge in [0.25, 0.3) is 0 Å². The standard InChI is InChI=1S/C28H26N7O.Y/c1-16-21(13-11-18-12-14-22(33-23(16)18)17-5-3-2-4-6-17)24-25-26(29)31-15-32-35(25)28(34-24)20-9-7-19(8-10-20)27(30)36;/h2-6,11,13-15,19-20H,7-10H2,1H3,(H2,30,36)(H2,29,31,32);/q-1;. The van der Waals surface area contributed by atoms with E-state index in [1.54, 1.807) is 0 Å². The molecule has 1 fully saturated rings. The number of amides is 1. The Hall–Kier alpha value is -3.23. The zero-order valence-corrected chi connectivity index (χ0v) is 23.4. The van der Waals surface area contributed by atoms with Gasteiger partial charge >= 0.3 is 0 Å². The van der Waals surface area contributed by atoms with E-state index in [9.17, 15) is 4.79 Å². The summed E-state index contributed by atoms with van der Waals surface area (Å²) in [5.41, 5.74) is 18.1. The molecule has 0 spiro atoms. The second-order valence-corrected chi connectivity index (χ2v) is 9.46. The Labute approximate surface area is 239 Å². The quantitative estimate of drug-likeness (QED) is 0.310. The minimum Gasteiger partial charge on any atom is -0.382 e. The normalized spacial score (nSPS) is 17.5. The maximum absolute atomic E-state index is 11.7. The summed E-state index contributed by atoms with van der Waals surface area (Å²) in [7, 11) is 0. The minimum atomic E-state index is -0.223. The average molecular weight is 565 g/mol. The Morgan fingerprint density at radius 2 is 1.81 bits per heavy atom. The van der Waals surface area contributed by atoms with Crippen molar-refractivity contribution < 1.29 is 37.5 Å². The number of hydrogen-bond donors (Lipinski definition) is 2. The van der Waals surface area contributed by atoms with E-state index >= 15 is 0 Å². The van der Waals surface area contributed by atoms with Gasteiger partial charge in [-0.2, -0.15) is 5.10 Å². The number of carbonyl (C=O) groups is 1. The van der Waals surface area contributed by atoms with E-state index in [1.165, 1.54) is 6.33 Å². The molecule has 3 aromatic heterocycles. The Balaban J connectivity index is 0.00000280. The Bertz CT molecular complexity index is 1610. The topological polar surface area (TPSA) is 125 Å². The fraction of sp³-hybridized carbons (Fsp3) is 0.250. The molecule has 0 atom stereocenters. The van der Waals surface area contributed by atoms with Crippen molar-refractivity contribution in [3.05, 3.63) is 72.3 Å². The molecule has 3 heterocycles. The van der Waals surface area contributed by atoms with Gasteiger partial charge in [0.15, 0.2) is 5.82 Å². The number of nitrogen functional groups attached to an aromatic ring is 1. The SMILES string of the molecule is Cc1c(-c2nc(C3CCC(C(N)=O)CC3)n3ncnc(N)c23)ccc2[c-]cc(-c3ccccc3)nc12.[Y]. The largest absolute Gasteiger partial charge is 0.382 e. The fourth-order valence-electron chi connectivity index (χ4n) is 5.34. The number of benzene rings is 2. The maximum Gasteiger partial charge on any atom is 0.220 e. The van der Waals surface area contributed by atoms with Crippen LogP contribution in [0.5, 0.6) is 0 Å². The summed E-state index contributed by atoms with van der Waals surface area (Å²) in [5, 5.41) is 5.45. The molecule has 1 saturated carbocycles. The maximum atomic E-state index is 11.7. The van der Waals surface area contributed by atoms with Crippen LogP contribution in [0.1, 0.15) is 43.0 Å². The summed E-state index contributed by atoms with van der Waals surface area (Å²) in [4.78, 5) is 26.0. The number of rotatable bonds is 4. The fourth-order valence-corrected chi connectivity index (χ4v) is 5.34. The number of anilines is 1. The van der Waals surface area contributed by atoms with Crippen molar-refractivity contribution >= 4 is 28.1 Å². The van der Waals surface area contributed by atoms with Crippen LogP contribution in [0.3, 0.4) is 0 Å². The van der Waals surface area contributed by atoms with Crippen molar-refractivity contribution in [2.75, 3.05) is 5.73 Å². The van der Waals surface area contributed by atoms with Crippen LogP contribution in [0.15, 0.2) is 54.9 Å². The van der Waals surface area contributed by atoms with Gasteiger partial charge in [-0.05, 0) is 54.9 Å². The molecule has 4 N–H and O–H groups in total. The Morgan fingerprint density at radius 1 is 1.05 bits per heavy atom. The molecule has 6 rings (SSSR count). The summed E-state index contributed by atoms with van der Waals surface area (Å²) in [6, 6.07) is 19.4. The third kappa shape index (κ3) is 4.53. The second kappa shape index (κ2) is 10.3. The molecule has 0 unspecified atom stereocenters. The van der Waals surface area contributed by atoms with E-state index in [1.807, 2.05) is 53.0 Å². The number of pyridine rings is 1. The van der Waals surface area contributed by atoms with Crippen LogP contribution in [0, 0.1) is 18.9 Å². The van der Waals surface area contributed by atoms with E-state index in [2.05, 4.69) is 23.1 Å². The number of imidazole rings is 1. The van der Waals surface area contributed by atoms with Crippen molar-refractivity contribution in [2.45, 2.75) is 38.5 Å². The third-order valence-corrected chi connectivity index (χ3v) is 7.33. The first-order valence-electron chi connectivity index (χ1n) is 12.2. The van der Waals surface area contributed by atoms with Crippen LogP contribution < -0.4 is 11.5 Å². The molecule has 0 bridgehead atoms. The van der Waals surface area contributed by atoms with E-state index in [-0.39, 0.29) is 50.5 Å². The van der Waals surface area contributed by atoms with Gasteiger partial charge in [-0.3, -0.25) is 4.79 Å². The van der Waals surface area contributed by atoms with E-state index in [0.29, 0.717) is 11.3 Å². The van der Waals surface area contributed by atoms with Crippen molar-refractivity contribution in [3.63, 3.8) is 0 Å². The zero-order chi connectivity index (χ0) is 24.8. The zero-order valence-electron chi connectivity index (χ0n) is 20.6. The van der Waals surface area contributed by atoms with Crippen LogP contribution >= 0.6 is 0 Å². The molecule has 2 aromatic carbocycles. The number of hydrogen-bond acceptors (Lipinski definition) is 6. The number of aromatic nitrogens is 5. The van der Waals surface area contributed by atoms with Gasteiger partial charge in [-0.25, -0.2) is 14.5 Å². The van der Waals surface area contributed by atoms with Crippen LogP contribution in [0.2, 0.25) is 0 Å². The van der Waals surface area contributed by atoms with Gasteiger partial charge in [0.05, 0.1) is 0 Å². The third-order valence-electron chi connectivity index (χ3n) is 7.33. The first-order valence-corrected chi connectivity index (χ1v) is 12.2. The van der Waals surface area contributed by atoms with Gasteiger partial charge in [-0.15, -0.1) is 23.6 Å². The number of aryl methyl sites for hydroxylation is 1. The van der Waals surface area contributed by atoms with Crippen molar-refractivity contribution in [1.82, 2.24) is 24.6 Å². The Kier molecular flexibility index (Phi) is 7.05. The monoisotopic (exact) mass is 565 g/mol. The van der Waals surface area contributed by atoms with E-state index in [0.717, 1.165) is 70.5 Å². The van der Waals surface area contributed by atoms with Gasteiger partial charge in [0, 0.05) is 44.5 Å². The summed E-state index contributed by atoms with van der Waals surface area (Å²) < 4.78 is 1.82. The van der Waals surface area contributed by atoms with Crippen LogP contribution in [-0.4, -0.2) is 30.5 Å². The van der Waals surface area contributed by atoms with E-state index in [4.69, 9.17) is 21.4 Å². The molecular weight excluding hydrogens is 539 g/mol. The number of primary amides is 1. The molecular formula is C28H26N7OY-. The summed E-state index contributed by atoms with van der Waals surface area (Å²) in [5.74, 6) is 1.08. The van der Waals surface area contributed by atoms with Gasteiger partial charge in [-0.1, -0.05) is 42.0 Å². The number of carbonyl (C=O) groups excluding carboxylic acids is 1. The minimum absolute atomic E-state index is 0. The number of fused-ring (bicyclic) bond motifs is 2. The van der Waals surface area contributed by atoms with E-state index < -0.39 is 0 Å². The molecule has 37 heavy (non-hydrogen) atoms. The molecule has 1 radical (unpaired) electrons. The molecule has 5 aromatic rings. The molecule has 0 saturated heterocycles. The van der Waals surface area contributed by atoms with Crippen molar-refractivity contribution in [2.24, 2.45) is 11.7 Å². The molecule has 8 nitrogen and oxygen atoms in total. The predicted molar refractivity (Wildman–Crippen MR) is 139 cm³/mol.